The van der Waals surface area contributed by atoms with Gasteiger partial charge in [0.25, 0.3) is 11.1 Å². The van der Waals surface area contributed by atoms with Gasteiger partial charge in [-0.3, -0.25) is 14.5 Å². The molecule has 2 aromatic rings. The second kappa shape index (κ2) is 6.56. The van der Waals surface area contributed by atoms with Crippen molar-refractivity contribution in [3.05, 3.63) is 75.4 Å². The minimum Gasteiger partial charge on any atom is -0.268 e. The third-order valence-electron chi connectivity index (χ3n) is 3.27. The molecule has 3 rings (SSSR count). The fraction of sp³-hybridized carbons (Fsp3) is 0.0588. The van der Waals surface area contributed by atoms with E-state index in [9.17, 15) is 14.0 Å². The van der Waals surface area contributed by atoms with Crippen LogP contribution in [0.4, 0.5) is 9.18 Å². The average molecular weight is 348 g/mol. The molecule has 1 heterocycles. The molecule has 3 nitrogen and oxygen atoms in total. The molecule has 1 fully saturated rings. The van der Waals surface area contributed by atoms with Gasteiger partial charge >= 0.3 is 0 Å². The van der Waals surface area contributed by atoms with Gasteiger partial charge in [-0.25, -0.2) is 4.39 Å². The molecule has 0 bridgehead atoms. The topological polar surface area (TPSA) is 37.4 Å². The molecule has 0 aliphatic carbocycles. The first-order valence-electron chi connectivity index (χ1n) is 6.78. The summed E-state index contributed by atoms with van der Waals surface area (Å²) < 4.78 is 13.2. The summed E-state index contributed by atoms with van der Waals surface area (Å²) in [5, 5.41) is 0.251. The van der Waals surface area contributed by atoms with E-state index in [1.54, 1.807) is 36.4 Å². The zero-order valence-corrected chi connectivity index (χ0v) is 13.4. The molecule has 2 amide bonds. The van der Waals surface area contributed by atoms with Crippen LogP contribution in [0, 0.1) is 5.82 Å². The van der Waals surface area contributed by atoms with E-state index in [0.717, 1.165) is 17.3 Å². The summed E-state index contributed by atoms with van der Waals surface area (Å²) in [6.07, 6.45) is 1.52. The van der Waals surface area contributed by atoms with Gasteiger partial charge in [0.1, 0.15) is 5.82 Å². The van der Waals surface area contributed by atoms with Gasteiger partial charge in [-0.15, -0.1) is 0 Å². The Morgan fingerprint density at radius 3 is 2.57 bits per heavy atom. The van der Waals surface area contributed by atoms with E-state index in [1.807, 2.05) is 0 Å². The molecule has 1 aliphatic rings. The minimum atomic E-state index is -0.390. The summed E-state index contributed by atoms with van der Waals surface area (Å²) >= 11 is 6.68. The maximum Gasteiger partial charge on any atom is 0.293 e. The lowest BCUT2D eigenvalue weighted by molar-refractivity contribution is -0.123. The zero-order valence-electron chi connectivity index (χ0n) is 11.8. The van der Waals surface area contributed by atoms with Crippen molar-refractivity contribution < 1.29 is 14.0 Å². The number of nitrogens with zero attached hydrogens (tertiary/aromatic N) is 1. The van der Waals surface area contributed by atoms with Gasteiger partial charge in [-0.1, -0.05) is 35.9 Å². The molecule has 6 heteroatoms. The second-order valence-corrected chi connectivity index (χ2v) is 6.38. The maximum absolute atomic E-state index is 13.2. The molecule has 0 saturated carbocycles. The van der Waals surface area contributed by atoms with Crippen LogP contribution in [-0.2, 0) is 11.3 Å². The molecule has 1 aliphatic heterocycles. The number of rotatable bonds is 3. The molecule has 116 valence electrons. The third-order valence-corrected chi connectivity index (χ3v) is 4.43. The van der Waals surface area contributed by atoms with Gasteiger partial charge in [-0.2, -0.15) is 0 Å². The van der Waals surface area contributed by atoms with Crippen molar-refractivity contribution >= 4 is 40.6 Å². The number of carbonyl (C=O) groups is 2. The predicted octanol–water partition coefficient (Wildman–Crippen LogP) is 4.72. The molecule has 0 radical (unpaired) electrons. The standard InChI is InChI=1S/C17H11ClFNO2S/c18-13-6-4-11(5-7-13)10-20-16(21)15(23-17(20)22)9-12-2-1-3-14(19)8-12/h1-9H,10H2/b15-9-. The molecule has 0 spiro atoms. The van der Waals surface area contributed by atoms with Crippen molar-refractivity contribution in [2.75, 3.05) is 0 Å². The number of halogens is 2. The highest BCUT2D eigenvalue weighted by Crippen LogP contribution is 2.33. The molecule has 0 aromatic heterocycles. The molecule has 1 saturated heterocycles. The Morgan fingerprint density at radius 1 is 1.13 bits per heavy atom. The number of imide groups is 1. The van der Waals surface area contributed by atoms with Gasteiger partial charge in [0.05, 0.1) is 11.4 Å². The van der Waals surface area contributed by atoms with Crippen molar-refractivity contribution in [1.82, 2.24) is 4.90 Å². The van der Waals surface area contributed by atoms with E-state index in [2.05, 4.69) is 0 Å². The van der Waals surface area contributed by atoms with Crippen LogP contribution in [0.5, 0.6) is 0 Å². The van der Waals surface area contributed by atoms with Gasteiger partial charge in [-0.05, 0) is 53.2 Å². The molecular formula is C17H11ClFNO2S. The lowest BCUT2D eigenvalue weighted by Gasteiger charge is -2.12. The molecule has 0 atom stereocenters. The summed E-state index contributed by atoms with van der Waals surface area (Å²) in [5.41, 5.74) is 1.35. The fourth-order valence-electron chi connectivity index (χ4n) is 2.16. The summed E-state index contributed by atoms with van der Waals surface area (Å²) in [6.45, 7) is 0.183. The van der Waals surface area contributed by atoms with Crippen LogP contribution in [0.3, 0.4) is 0 Å². The van der Waals surface area contributed by atoms with Crippen LogP contribution in [0.15, 0.2) is 53.4 Å². The Morgan fingerprint density at radius 2 is 1.87 bits per heavy atom. The SMILES string of the molecule is O=C1S/C(=C\c2cccc(F)c2)C(=O)N1Cc1ccc(Cl)cc1. The molecular weight excluding hydrogens is 337 g/mol. The van der Waals surface area contributed by atoms with Gasteiger partial charge in [0.15, 0.2) is 0 Å². The van der Waals surface area contributed by atoms with Crippen LogP contribution in [0.1, 0.15) is 11.1 Å². The second-order valence-electron chi connectivity index (χ2n) is 4.95. The Kier molecular flexibility index (Phi) is 4.50. The van der Waals surface area contributed by atoms with Crippen molar-refractivity contribution in [3.63, 3.8) is 0 Å². The normalized spacial score (nSPS) is 16.4. The fourth-order valence-corrected chi connectivity index (χ4v) is 3.12. The monoisotopic (exact) mass is 347 g/mol. The van der Waals surface area contributed by atoms with Gasteiger partial charge in [0.2, 0.25) is 0 Å². The summed E-state index contributed by atoms with van der Waals surface area (Å²) in [4.78, 5) is 25.9. The first-order chi connectivity index (χ1) is 11.0. The third kappa shape index (κ3) is 3.63. The lowest BCUT2D eigenvalue weighted by atomic mass is 10.2. The smallest absolute Gasteiger partial charge is 0.268 e. The highest BCUT2D eigenvalue weighted by molar-refractivity contribution is 8.18. The van der Waals surface area contributed by atoms with E-state index in [0.29, 0.717) is 10.6 Å². The van der Waals surface area contributed by atoms with Crippen molar-refractivity contribution in [2.45, 2.75) is 6.54 Å². The van der Waals surface area contributed by atoms with Crippen LogP contribution < -0.4 is 0 Å². The van der Waals surface area contributed by atoms with E-state index >= 15 is 0 Å². The van der Waals surface area contributed by atoms with Crippen LogP contribution in [-0.4, -0.2) is 16.0 Å². The number of carbonyl (C=O) groups excluding carboxylic acids is 2. The Hall–Kier alpha value is -2.11. The first-order valence-corrected chi connectivity index (χ1v) is 7.98. The van der Waals surface area contributed by atoms with Crippen LogP contribution in [0.2, 0.25) is 5.02 Å². The van der Waals surface area contributed by atoms with Crippen LogP contribution >= 0.6 is 23.4 Å². The molecule has 2 aromatic carbocycles. The van der Waals surface area contributed by atoms with E-state index < -0.39 is 0 Å². The van der Waals surface area contributed by atoms with E-state index in [1.165, 1.54) is 23.1 Å². The highest BCUT2D eigenvalue weighted by atomic mass is 35.5. The number of thioether (sulfide) groups is 1. The quantitative estimate of drug-likeness (QED) is 0.754. The highest BCUT2D eigenvalue weighted by Gasteiger charge is 2.34. The Balaban J connectivity index is 1.81. The van der Waals surface area contributed by atoms with Gasteiger partial charge < -0.3 is 0 Å². The van der Waals surface area contributed by atoms with Gasteiger partial charge in [0, 0.05) is 5.02 Å². The number of benzene rings is 2. The molecule has 0 unspecified atom stereocenters. The molecule has 0 N–H and O–H groups in total. The largest absolute Gasteiger partial charge is 0.293 e. The number of hydrogen-bond donors (Lipinski definition) is 0. The number of amides is 2. The Bertz CT molecular complexity index is 804. The number of hydrogen-bond acceptors (Lipinski definition) is 3. The minimum absolute atomic E-state index is 0.183. The summed E-state index contributed by atoms with van der Waals surface area (Å²) in [5.74, 6) is -0.765. The average Bonchev–Trinajstić information content (AvgIpc) is 2.77. The van der Waals surface area contributed by atoms with Crippen molar-refractivity contribution in [3.8, 4) is 0 Å². The van der Waals surface area contributed by atoms with Crippen molar-refractivity contribution in [1.29, 1.82) is 0 Å². The lowest BCUT2D eigenvalue weighted by Crippen LogP contribution is -2.27. The molecule has 23 heavy (non-hydrogen) atoms. The predicted molar refractivity (Wildman–Crippen MR) is 89.4 cm³/mol. The van der Waals surface area contributed by atoms with E-state index in [-0.39, 0.29) is 28.4 Å². The van der Waals surface area contributed by atoms with Crippen molar-refractivity contribution in [2.24, 2.45) is 0 Å². The first kappa shape index (κ1) is 15.8. The zero-order chi connectivity index (χ0) is 16.4. The maximum atomic E-state index is 13.2. The van der Waals surface area contributed by atoms with Crippen LogP contribution in [0.25, 0.3) is 6.08 Å². The summed E-state index contributed by atoms with van der Waals surface area (Å²) in [7, 11) is 0. The summed E-state index contributed by atoms with van der Waals surface area (Å²) in [6, 6.07) is 12.8. The van der Waals surface area contributed by atoms with E-state index in [4.69, 9.17) is 11.6 Å². The Labute approximate surface area is 141 Å².